The first-order valence-electron chi connectivity index (χ1n) is 7.00. The van der Waals surface area contributed by atoms with Crippen molar-refractivity contribution in [2.75, 3.05) is 0 Å². The zero-order valence-corrected chi connectivity index (χ0v) is 12.5. The summed E-state index contributed by atoms with van der Waals surface area (Å²) in [6.07, 6.45) is 2.57. The molecule has 0 aliphatic carbocycles. The van der Waals surface area contributed by atoms with Gasteiger partial charge in [-0.2, -0.15) is 0 Å². The van der Waals surface area contributed by atoms with Crippen LogP contribution < -0.4 is 0 Å². The summed E-state index contributed by atoms with van der Waals surface area (Å²) in [6, 6.07) is 18.3. The molecule has 2 rings (SSSR count). The van der Waals surface area contributed by atoms with Crippen molar-refractivity contribution < 1.29 is 8.42 Å². The van der Waals surface area contributed by atoms with Crippen LogP contribution in [0.1, 0.15) is 37.0 Å². The quantitative estimate of drug-likeness (QED) is 0.790. The Morgan fingerprint density at radius 1 is 0.900 bits per heavy atom. The van der Waals surface area contributed by atoms with Crippen LogP contribution in [-0.4, -0.2) is 8.42 Å². The average molecular weight is 288 g/mol. The molecular weight excluding hydrogens is 268 g/mol. The van der Waals surface area contributed by atoms with Gasteiger partial charge >= 0.3 is 0 Å². The third-order valence-corrected chi connectivity index (χ3v) is 5.62. The van der Waals surface area contributed by atoms with Crippen LogP contribution in [-0.2, 0) is 9.84 Å². The van der Waals surface area contributed by atoms with Gasteiger partial charge in [-0.25, -0.2) is 8.42 Å². The largest absolute Gasteiger partial charge is 0.223 e. The highest BCUT2D eigenvalue weighted by Crippen LogP contribution is 2.32. The van der Waals surface area contributed by atoms with Gasteiger partial charge in [0.05, 0.1) is 10.1 Å². The average Bonchev–Trinajstić information content (AvgIpc) is 2.49. The number of hydrogen-bond acceptors (Lipinski definition) is 2. The van der Waals surface area contributed by atoms with Crippen molar-refractivity contribution in [3.8, 4) is 0 Å². The van der Waals surface area contributed by atoms with E-state index in [0.717, 1.165) is 18.4 Å². The predicted molar refractivity (Wildman–Crippen MR) is 82.3 cm³/mol. The first-order chi connectivity index (χ1) is 9.66. The van der Waals surface area contributed by atoms with Gasteiger partial charge in [-0.05, 0) is 24.1 Å². The standard InChI is InChI=1S/C17H20O2S/c1-2-3-14-17(15-10-6-4-7-11-15)20(18,19)16-12-8-5-9-13-16/h4-13,17H,2-3,14H2,1H3/t17-/m0/s1. The maximum Gasteiger partial charge on any atom is 0.185 e. The zero-order chi connectivity index (χ0) is 14.4. The molecule has 0 aliphatic heterocycles. The highest BCUT2D eigenvalue weighted by Gasteiger charge is 2.28. The van der Waals surface area contributed by atoms with Gasteiger partial charge < -0.3 is 0 Å². The van der Waals surface area contributed by atoms with Gasteiger partial charge in [0.25, 0.3) is 0 Å². The Kier molecular flexibility index (Phi) is 4.96. The Morgan fingerprint density at radius 3 is 2.00 bits per heavy atom. The van der Waals surface area contributed by atoms with Gasteiger partial charge in [0, 0.05) is 0 Å². The minimum atomic E-state index is -3.33. The first kappa shape index (κ1) is 14.8. The van der Waals surface area contributed by atoms with E-state index in [9.17, 15) is 8.42 Å². The lowest BCUT2D eigenvalue weighted by Crippen LogP contribution is -2.14. The van der Waals surface area contributed by atoms with E-state index in [0.29, 0.717) is 11.3 Å². The molecule has 20 heavy (non-hydrogen) atoms. The van der Waals surface area contributed by atoms with Gasteiger partial charge in [0.15, 0.2) is 9.84 Å². The Morgan fingerprint density at radius 2 is 1.45 bits per heavy atom. The molecule has 0 heterocycles. The molecule has 2 aromatic carbocycles. The van der Waals surface area contributed by atoms with E-state index < -0.39 is 15.1 Å². The molecular formula is C17H20O2S. The lowest BCUT2D eigenvalue weighted by Gasteiger charge is -2.18. The molecule has 0 aliphatic rings. The number of hydrogen-bond donors (Lipinski definition) is 0. The maximum absolute atomic E-state index is 12.8. The molecule has 106 valence electrons. The zero-order valence-electron chi connectivity index (χ0n) is 11.7. The molecule has 2 nitrogen and oxygen atoms in total. The maximum atomic E-state index is 12.8. The first-order valence-corrected chi connectivity index (χ1v) is 8.54. The second-order valence-corrected chi connectivity index (χ2v) is 7.03. The normalized spacial score (nSPS) is 13.1. The summed E-state index contributed by atoms with van der Waals surface area (Å²) in [6.45, 7) is 2.08. The Bertz CT molecular complexity index is 619. The van der Waals surface area contributed by atoms with Crippen molar-refractivity contribution in [1.29, 1.82) is 0 Å². The van der Waals surface area contributed by atoms with E-state index in [1.807, 2.05) is 36.4 Å². The SMILES string of the molecule is CCCC[C@@H](c1ccccc1)S(=O)(=O)c1ccccc1. The van der Waals surface area contributed by atoms with Crippen LogP contribution in [0, 0.1) is 0 Å². The van der Waals surface area contributed by atoms with E-state index in [2.05, 4.69) is 6.92 Å². The van der Waals surface area contributed by atoms with Crippen LogP contribution >= 0.6 is 0 Å². The number of benzene rings is 2. The summed E-state index contributed by atoms with van der Waals surface area (Å²) in [5.41, 5.74) is 0.879. The second kappa shape index (κ2) is 6.71. The van der Waals surface area contributed by atoms with Crippen molar-refractivity contribution in [1.82, 2.24) is 0 Å². The summed E-state index contributed by atoms with van der Waals surface area (Å²) in [5.74, 6) is 0. The van der Waals surface area contributed by atoms with Crippen molar-refractivity contribution in [3.63, 3.8) is 0 Å². The lowest BCUT2D eigenvalue weighted by molar-refractivity contribution is 0.568. The van der Waals surface area contributed by atoms with Gasteiger partial charge in [0.1, 0.15) is 0 Å². The minimum absolute atomic E-state index is 0.407. The van der Waals surface area contributed by atoms with Crippen LogP contribution in [0.15, 0.2) is 65.6 Å². The Hall–Kier alpha value is -1.61. The Balaban J connectivity index is 2.41. The molecule has 0 N–H and O–H groups in total. The van der Waals surface area contributed by atoms with Crippen molar-refractivity contribution in [2.45, 2.75) is 36.3 Å². The van der Waals surface area contributed by atoms with Gasteiger partial charge in [-0.3, -0.25) is 0 Å². The van der Waals surface area contributed by atoms with E-state index in [1.54, 1.807) is 24.3 Å². The molecule has 0 spiro atoms. The van der Waals surface area contributed by atoms with Crippen LogP contribution in [0.3, 0.4) is 0 Å². The van der Waals surface area contributed by atoms with Crippen LogP contribution in [0.25, 0.3) is 0 Å². The van der Waals surface area contributed by atoms with Gasteiger partial charge in [0.2, 0.25) is 0 Å². The van der Waals surface area contributed by atoms with E-state index >= 15 is 0 Å². The van der Waals surface area contributed by atoms with Crippen LogP contribution in [0.4, 0.5) is 0 Å². The highest BCUT2D eigenvalue weighted by atomic mass is 32.2. The molecule has 2 aromatic rings. The van der Waals surface area contributed by atoms with E-state index in [-0.39, 0.29) is 0 Å². The van der Waals surface area contributed by atoms with Crippen molar-refractivity contribution in [2.24, 2.45) is 0 Å². The minimum Gasteiger partial charge on any atom is -0.223 e. The smallest absolute Gasteiger partial charge is 0.185 e. The number of unbranched alkanes of at least 4 members (excludes halogenated alkanes) is 1. The fourth-order valence-electron chi connectivity index (χ4n) is 2.33. The fourth-order valence-corrected chi connectivity index (χ4v) is 4.19. The molecule has 0 radical (unpaired) electrons. The topological polar surface area (TPSA) is 34.1 Å². The summed E-state index contributed by atoms with van der Waals surface area (Å²) in [4.78, 5) is 0.407. The third kappa shape index (κ3) is 3.28. The van der Waals surface area contributed by atoms with Crippen molar-refractivity contribution >= 4 is 9.84 Å². The Labute approximate surface area is 121 Å². The fraction of sp³-hybridized carbons (Fsp3) is 0.294. The predicted octanol–water partition coefficient (Wildman–Crippen LogP) is 4.39. The van der Waals surface area contributed by atoms with Crippen molar-refractivity contribution in [3.05, 3.63) is 66.2 Å². The molecule has 0 fully saturated rings. The van der Waals surface area contributed by atoms with E-state index in [1.165, 1.54) is 0 Å². The molecule has 1 atom stereocenters. The second-order valence-electron chi connectivity index (χ2n) is 4.90. The molecule has 0 amide bonds. The molecule has 0 saturated heterocycles. The summed E-state index contributed by atoms with van der Waals surface area (Å²) in [7, 11) is -3.33. The molecule has 0 bridgehead atoms. The summed E-state index contributed by atoms with van der Waals surface area (Å²) >= 11 is 0. The van der Waals surface area contributed by atoms with Crippen LogP contribution in [0.5, 0.6) is 0 Å². The van der Waals surface area contributed by atoms with Crippen LogP contribution in [0.2, 0.25) is 0 Å². The molecule has 0 unspecified atom stereocenters. The number of sulfone groups is 1. The summed E-state index contributed by atoms with van der Waals surface area (Å²) < 4.78 is 25.7. The number of rotatable bonds is 6. The molecule has 3 heteroatoms. The summed E-state index contributed by atoms with van der Waals surface area (Å²) in [5, 5.41) is -0.453. The van der Waals surface area contributed by atoms with Gasteiger partial charge in [-0.15, -0.1) is 0 Å². The van der Waals surface area contributed by atoms with E-state index in [4.69, 9.17) is 0 Å². The monoisotopic (exact) mass is 288 g/mol. The molecule has 0 saturated carbocycles. The van der Waals surface area contributed by atoms with Gasteiger partial charge in [-0.1, -0.05) is 68.3 Å². The molecule has 0 aromatic heterocycles. The third-order valence-electron chi connectivity index (χ3n) is 3.44. The highest BCUT2D eigenvalue weighted by molar-refractivity contribution is 7.91. The lowest BCUT2D eigenvalue weighted by atomic mass is 10.1.